The van der Waals surface area contributed by atoms with Crippen molar-refractivity contribution in [2.45, 2.75) is 16.7 Å². The Hall–Kier alpha value is -3.83. The van der Waals surface area contributed by atoms with Crippen molar-refractivity contribution in [1.82, 2.24) is 20.7 Å². The Morgan fingerprint density at radius 2 is 2.10 bits per heavy atom. The Balaban J connectivity index is 1.47. The molecule has 2 aromatic heterocycles. The number of hydrogen-bond donors (Lipinski definition) is 3. The van der Waals surface area contributed by atoms with Gasteiger partial charge in [0.2, 0.25) is 18.3 Å². The minimum absolute atomic E-state index is 0.108. The maximum absolute atomic E-state index is 13.1. The number of hydrogen-bond acceptors (Lipinski definition) is 12. The second kappa shape index (κ2) is 12.4. The summed E-state index contributed by atoms with van der Waals surface area (Å²) in [6.45, 7) is 0. The minimum atomic E-state index is -0.872. The van der Waals surface area contributed by atoms with Crippen LogP contribution < -0.4 is 26.2 Å². The molecular formula is C22H25N8O6S3+. The van der Waals surface area contributed by atoms with Gasteiger partial charge in [0, 0.05) is 41.0 Å². The van der Waals surface area contributed by atoms with Crippen molar-refractivity contribution in [3.63, 3.8) is 0 Å². The number of thiazole rings is 1. The fourth-order valence-electron chi connectivity index (χ4n) is 3.60. The standard InChI is InChI=1S/C22H24N8O6S3/c1-24-22(34)28(2)29-6-4-13(5-7-29)37-9-12-10-38-16-8-15(31)30(16)18(12)20(33)36-27-19(32)17(26-35-3)14-11-39-21(23)25-14/h4-7,11,16H,8-10H2,1-3H3,(H3-,23,24,25,27,32,34)/p+1/b26-17-/t16-/m0/s1. The van der Waals surface area contributed by atoms with Crippen LogP contribution >= 0.6 is 34.9 Å². The fourth-order valence-corrected chi connectivity index (χ4v) is 6.43. The van der Waals surface area contributed by atoms with Crippen molar-refractivity contribution in [3.8, 4) is 0 Å². The van der Waals surface area contributed by atoms with Crippen LogP contribution in [0.2, 0.25) is 0 Å². The molecule has 2 aromatic rings. The van der Waals surface area contributed by atoms with Crippen molar-refractivity contribution < 1.29 is 33.5 Å². The molecule has 39 heavy (non-hydrogen) atoms. The minimum Gasteiger partial charge on any atom is -0.398 e. The van der Waals surface area contributed by atoms with E-state index in [4.69, 9.17) is 15.4 Å². The Kier molecular flexibility index (Phi) is 8.93. The molecule has 0 radical (unpaired) electrons. The van der Waals surface area contributed by atoms with Gasteiger partial charge in [-0.1, -0.05) is 14.8 Å². The van der Waals surface area contributed by atoms with Crippen LogP contribution in [-0.4, -0.2) is 77.5 Å². The number of nitrogens with two attached hydrogens (primary N) is 1. The van der Waals surface area contributed by atoms with Crippen molar-refractivity contribution >= 4 is 69.5 Å². The zero-order valence-electron chi connectivity index (χ0n) is 21.1. The third-order valence-corrected chi connectivity index (χ3v) is 8.62. The van der Waals surface area contributed by atoms with Crippen LogP contribution in [0.15, 0.2) is 51.2 Å². The first kappa shape index (κ1) is 28.2. The van der Waals surface area contributed by atoms with Crippen LogP contribution in [0.5, 0.6) is 0 Å². The van der Waals surface area contributed by atoms with Gasteiger partial charge in [0.25, 0.3) is 0 Å². The van der Waals surface area contributed by atoms with E-state index in [-0.39, 0.29) is 39.5 Å². The van der Waals surface area contributed by atoms with Crippen molar-refractivity contribution in [2.75, 3.05) is 43.5 Å². The lowest BCUT2D eigenvalue weighted by atomic mass is 10.1. The second-order valence-electron chi connectivity index (χ2n) is 7.98. The van der Waals surface area contributed by atoms with Crippen LogP contribution in [0.4, 0.5) is 9.93 Å². The number of nitrogen functional groups attached to an aromatic ring is 1. The molecule has 1 atom stereocenters. The molecule has 17 heteroatoms. The number of fused-ring (bicyclic) bond motifs is 1. The zero-order valence-corrected chi connectivity index (χ0v) is 23.5. The number of urea groups is 1. The predicted octanol–water partition coefficient (Wildman–Crippen LogP) is 0.197. The molecule has 4 rings (SSSR count). The number of nitrogens with one attached hydrogen (secondary N) is 2. The van der Waals surface area contributed by atoms with Gasteiger partial charge in [-0.05, 0) is 5.57 Å². The highest BCUT2D eigenvalue weighted by atomic mass is 32.2. The van der Waals surface area contributed by atoms with E-state index in [0.717, 1.165) is 16.2 Å². The van der Waals surface area contributed by atoms with E-state index in [1.165, 1.54) is 34.2 Å². The van der Waals surface area contributed by atoms with E-state index in [9.17, 15) is 19.2 Å². The summed E-state index contributed by atoms with van der Waals surface area (Å²) in [7, 11) is 4.43. The predicted molar refractivity (Wildman–Crippen MR) is 145 cm³/mol. The molecular weight excluding hydrogens is 568 g/mol. The number of aromatic nitrogens is 2. The number of pyridine rings is 1. The van der Waals surface area contributed by atoms with Crippen LogP contribution in [0, 0.1) is 0 Å². The van der Waals surface area contributed by atoms with Gasteiger partial charge in [0.1, 0.15) is 18.5 Å². The lowest BCUT2D eigenvalue weighted by Gasteiger charge is -2.44. The summed E-state index contributed by atoms with van der Waals surface area (Å²) in [6, 6.07) is 3.39. The van der Waals surface area contributed by atoms with Crippen LogP contribution in [0.25, 0.3) is 0 Å². The molecule has 0 aliphatic carbocycles. The van der Waals surface area contributed by atoms with Gasteiger partial charge < -0.3 is 20.7 Å². The second-order valence-corrected chi connectivity index (χ2v) is 11.1. The normalized spacial score (nSPS) is 16.7. The smallest absolute Gasteiger partial charge is 0.379 e. The van der Waals surface area contributed by atoms with E-state index in [1.54, 1.807) is 42.9 Å². The molecule has 206 valence electrons. The Morgan fingerprint density at radius 1 is 1.36 bits per heavy atom. The first-order valence-corrected chi connectivity index (χ1v) is 14.2. The van der Waals surface area contributed by atoms with Crippen LogP contribution in [0.1, 0.15) is 12.1 Å². The average molecular weight is 594 g/mol. The molecule has 1 saturated heterocycles. The third kappa shape index (κ3) is 6.26. The average Bonchev–Trinajstić information content (AvgIpc) is 3.37. The van der Waals surface area contributed by atoms with Crippen LogP contribution in [-0.2, 0) is 24.1 Å². The van der Waals surface area contributed by atoms with Gasteiger partial charge in [0.15, 0.2) is 10.8 Å². The van der Waals surface area contributed by atoms with Gasteiger partial charge in [-0.15, -0.1) is 34.9 Å². The first-order valence-electron chi connectivity index (χ1n) is 11.3. The highest BCUT2D eigenvalue weighted by Gasteiger charge is 2.46. The molecule has 4 amide bonds. The molecule has 0 spiro atoms. The van der Waals surface area contributed by atoms with E-state index >= 15 is 0 Å². The number of amides is 4. The number of oxime groups is 1. The molecule has 2 aliphatic heterocycles. The number of β-lactam (4-membered cyclic amide) rings is 1. The molecule has 4 heterocycles. The van der Waals surface area contributed by atoms with Gasteiger partial charge >= 0.3 is 17.9 Å². The maximum Gasteiger partial charge on any atom is 0.379 e. The van der Waals surface area contributed by atoms with Crippen molar-refractivity contribution in [1.29, 1.82) is 0 Å². The topological polar surface area (TPSA) is 172 Å². The Bertz CT molecular complexity index is 1350. The largest absolute Gasteiger partial charge is 0.398 e. The highest BCUT2D eigenvalue weighted by Crippen LogP contribution is 2.41. The number of anilines is 1. The van der Waals surface area contributed by atoms with Crippen molar-refractivity contribution in [3.05, 3.63) is 46.9 Å². The highest BCUT2D eigenvalue weighted by molar-refractivity contribution is 8.01. The Labute approximate surface area is 235 Å². The van der Waals surface area contributed by atoms with E-state index in [0.29, 0.717) is 23.5 Å². The van der Waals surface area contributed by atoms with Gasteiger partial charge in [0.05, 0.1) is 18.8 Å². The lowest BCUT2D eigenvalue weighted by molar-refractivity contribution is -0.679. The summed E-state index contributed by atoms with van der Waals surface area (Å²) in [6.07, 6.45) is 3.79. The fraction of sp³-hybridized carbons (Fsp3) is 0.318. The molecule has 4 N–H and O–H groups in total. The number of carbonyl (C=O) groups is 4. The Morgan fingerprint density at radius 3 is 2.72 bits per heavy atom. The summed E-state index contributed by atoms with van der Waals surface area (Å²) >= 11 is 4.12. The lowest BCUT2D eigenvalue weighted by Crippen LogP contribution is -2.60. The zero-order chi connectivity index (χ0) is 28.1. The molecule has 1 fully saturated rings. The molecule has 0 saturated carbocycles. The summed E-state index contributed by atoms with van der Waals surface area (Å²) < 4.78 is 1.62. The third-order valence-electron chi connectivity index (χ3n) is 5.57. The number of nitrogens with zero attached hydrogens (tertiary/aromatic N) is 5. The SMILES string of the molecule is CNC(=O)N(C)[n+]1ccc(SCC2=C(C(=O)ONC(=O)/C(=N\OC)c3csc(N)n3)N3C(=O)C[C@@H]3SC2)cc1. The quantitative estimate of drug-likeness (QED) is 0.126. The number of thioether (sulfide) groups is 2. The maximum atomic E-state index is 13.1. The molecule has 2 aliphatic rings. The molecule has 0 unspecified atom stereocenters. The van der Waals surface area contributed by atoms with E-state index in [1.807, 2.05) is 12.1 Å². The number of rotatable bonds is 8. The van der Waals surface area contributed by atoms with Gasteiger partial charge in [-0.2, -0.15) is 5.48 Å². The number of carbonyl (C=O) groups excluding carboxylic acids is 4. The molecule has 0 bridgehead atoms. The summed E-state index contributed by atoms with van der Waals surface area (Å²) in [5.41, 5.74) is 8.42. The monoisotopic (exact) mass is 593 g/mol. The van der Waals surface area contributed by atoms with Gasteiger partial charge in [-0.3, -0.25) is 14.5 Å². The van der Waals surface area contributed by atoms with Gasteiger partial charge in [-0.25, -0.2) is 14.6 Å². The van der Waals surface area contributed by atoms with Crippen LogP contribution in [0.3, 0.4) is 0 Å². The summed E-state index contributed by atoms with van der Waals surface area (Å²) in [5.74, 6) is -1.04. The van der Waals surface area contributed by atoms with E-state index in [2.05, 4.69) is 20.9 Å². The number of hydroxylamine groups is 1. The molecule has 14 nitrogen and oxygen atoms in total. The van der Waals surface area contributed by atoms with E-state index < -0.39 is 11.9 Å². The molecule has 0 aromatic carbocycles. The summed E-state index contributed by atoms with van der Waals surface area (Å²) in [5, 5.41) is 9.17. The first-order chi connectivity index (χ1) is 18.7. The van der Waals surface area contributed by atoms with Crippen molar-refractivity contribution in [2.24, 2.45) is 5.16 Å². The summed E-state index contributed by atoms with van der Waals surface area (Å²) in [4.78, 5) is 66.1.